The van der Waals surface area contributed by atoms with Crippen LogP contribution in [0.5, 0.6) is 5.75 Å². The van der Waals surface area contributed by atoms with Gasteiger partial charge in [0.15, 0.2) is 6.10 Å². The van der Waals surface area contributed by atoms with Gasteiger partial charge in [-0.25, -0.2) is 0 Å². The second-order valence-electron chi connectivity index (χ2n) is 5.42. The number of ether oxygens (including phenoxy) is 1. The zero-order chi connectivity index (χ0) is 19.2. The maximum absolute atomic E-state index is 12.3. The predicted octanol–water partition coefficient (Wildman–Crippen LogP) is 4.46. The van der Waals surface area contributed by atoms with E-state index >= 15 is 0 Å². The Morgan fingerprint density at radius 2 is 1.85 bits per heavy atom. The van der Waals surface area contributed by atoms with Crippen LogP contribution < -0.4 is 10.1 Å². The minimum Gasteiger partial charge on any atom is -0.481 e. The highest BCUT2D eigenvalue weighted by Gasteiger charge is 2.15. The zero-order valence-electron chi connectivity index (χ0n) is 14.1. The summed E-state index contributed by atoms with van der Waals surface area (Å²) >= 11 is 0.448. The van der Waals surface area contributed by atoms with Crippen molar-refractivity contribution in [1.29, 1.82) is 0 Å². The van der Waals surface area contributed by atoms with Crippen LogP contribution in [0.15, 0.2) is 64.2 Å². The molecule has 3 aromatic rings. The molecule has 0 saturated carbocycles. The Bertz CT molecular complexity index is 872. The number of hydrogen-bond donors (Lipinski definition) is 1. The molecule has 0 bridgehead atoms. The fourth-order valence-electron chi connectivity index (χ4n) is 2.20. The Labute approximate surface area is 157 Å². The van der Waals surface area contributed by atoms with Crippen LogP contribution in [0.3, 0.4) is 0 Å². The summed E-state index contributed by atoms with van der Waals surface area (Å²) in [5, 5.41) is 10.1. The number of alkyl halides is 2. The molecule has 6 nitrogen and oxygen atoms in total. The maximum atomic E-state index is 12.3. The first-order chi connectivity index (χ1) is 13.0. The van der Waals surface area contributed by atoms with Crippen LogP contribution in [-0.4, -0.2) is 28.0 Å². The van der Waals surface area contributed by atoms with Crippen LogP contribution >= 0.6 is 11.8 Å². The topological polar surface area (TPSA) is 77.2 Å². The van der Waals surface area contributed by atoms with Crippen molar-refractivity contribution in [2.75, 3.05) is 5.32 Å². The minimum absolute atomic E-state index is 0.356. The Hall–Kier alpha value is -2.94. The molecule has 0 spiro atoms. The van der Waals surface area contributed by atoms with Crippen molar-refractivity contribution in [3.05, 3.63) is 54.9 Å². The van der Waals surface area contributed by atoms with Gasteiger partial charge in [-0.1, -0.05) is 11.8 Å². The summed E-state index contributed by atoms with van der Waals surface area (Å²) in [6.45, 7) is 1.61. The van der Waals surface area contributed by atoms with Crippen LogP contribution in [0.4, 0.5) is 14.5 Å². The third kappa shape index (κ3) is 5.27. The molecule has 1 heterocycles. The number of rotatable bonds is 7. The first kappa shape index (κ1) is 18.8. The van der Waals surface area contributed by atoms with E-state index in [1.165, 1.54) is 18.5 Å². The van der Waals surface area contributed by atoms with E-state index in [9.17, 15) is 13.6 Å². The highest BCUT2D eigenvalue weighted by atomic mass is 32.2. The molecule has 1 atom stereocenters. The lowest BCUT2D eigenvalue weighted by Crippen LogP contribution is -2.30. The van der Waals surface area contributed by atoms with Crippen molar-refractivity contribution in [2.45, 2.75) is 23.7 Å². The van der Waals surface area contributed by atoms with E-state index in [2.05, 4.69) is 15.5 Å². The molecule has 0 unspecified atom stereocenters. The molecule has 1 N–H and O–H groups in total. The SMILES string of the molecule is C[C@@H](Oc1ccc(-c2nnco2)cc1)C(=O)Nc1ccc(SC(F)F)cc1. The van der Waals surface area contributed by atoms with Crippen LogP contribution in [0.25, 0.3) is 11.5 Å². The molecule has 140 valence electrons. The highest BCUT2D eigenvalue weighted by molar-refractivity contribution is 7.99. The van der Waals surface area contributed by atoms with Gasteiger partial charge in [-0.05, 0) is 55.5 Å². The number of nitrogens with zero attached hydrogens (tertiary/aromatic N) is 2. The van der Waals surface area contributed by atoms with Crippen LogP contribution in [0, 0.1) is 0 Å². The van der Waals surface area contributed by atoms with Crippen molar-refractivity contribution >= 4 is 23.4 Å². The molecule has 3 rings (SSSR count). The van der Waals surface area contributed by atoms with Crippen molar-refractivity contribution in [2.24, 2.45) is 0 Å². The first-order valence-electron chi connectivity index (χ1n) is 7.90. The Balaban J connectivity index is 1.55. The fourth-order valence-corrected chi connectivity index (χ4v) is 2.70. The van der Waals surface area contributed by atoms with Crippen molar-refractivity contribution in [3.8, 4) is 17.2 Å². The van der Waals surface area contributed by atoms with Gasteiger partial charge in [0.2, 0.25) is 12.3 Å². The summed E-state index contributed by atoms with van der Waals surface area (Å²) in [6.07, 6.45) is 0.486. The van der Waals surface area contributed by atoms with E-state index < -0.39 is 11.9 Å². The number of thioether (sulfide) groups is 1. The van der Waals surface area contributed by atoms with Gasteiger partial charge in [-0.15, -0.1) is 10.2 Å². The summed E-state index contributed by atoms with van der Waals surface area (Å²) in [7, 11) is 0. The summed E-state index contributed by atoms with van der Waals surface area (Å²) in [5.41, 5.74) is 1.24. The summed E-state index contributed by atoms with van der Waals surface area (Å²) in [6, 6.07) is 13.0. The zero-order valence-corrected chi connectivity index (χ0v) is 15.0. The van der Waals surface area contributed by atoms with Gasteiger partial charge in [0, 0.05) is 16.1 Å². The number of anilines is 1. The van der Waals surface area contributed by atoms with Gasteiger partial charge in [0.1, 0.15) is 5.75 Å². The minimum atomic E-state index is -2.48. The van der Waals surface area contributed by atoms with E-state index in [0.29, 0.717) is 34.0 Å². The van der Waals surface area contributed by atoms with Gasteiger partial charge in [0.25, 0.3) is 11.7 Å². The molecule has 9 heteroatoms. The number of carbonyl (C=O) groups is 1. The molecule has 1 amide bonds. The largest absolute Gasteiger partial charge is 0.481 e. The smallest absolute Gasteiger partial charge is 0.288 e. The van der Waals surface area contributed by atoms with Crippen molar-refractivity contribution in [1.82, 2.24) is 10.2 Å². The molecule has 27 heavy (non-hydrogen) atoms. The van der Waals surface area contributed by atoms with Crippen molar-refractivity contribution < 1.29 is 22.7 Å². The van der Waals surface area contributed by atoms with Crippen LogP contribution in [0.2, 0.25) is 0 Å². The normalized spacial score (nSPS) is 12.0. The third-order valence-electron chi connectivity index (χ3n) is 3.49. The fraction of sp³-hybridized carbons (Fsp3) is 0.167. The first-order valence-corrected chi connectivity index (χ1v) is 8.78. The third-order valence-corrected chi connectivity index (χ3v) is 4.21. The van der Waals surface area contributed by atoms with Gasteiger partial charge in [-0.2, -0.15) is 8.78 Å². The number of benzene rings is 2. The van der Waals surface area contributed by atoms with Gasteiger partial charge < -0.3 is 14.5 Å². The summed E-state index contributed by atoms with van der Waals surface area (Å²) in [5.74, 6) is -1.94. The molecular formula is C18H15F2N3O3S. The molecule has 1 aromatic heterocycles. The number of carbonyl (C=O) groups excluding carboxylic acids is 1. The summed E-state index contributed by atoms with van der Waals surface area (Å²) in [4.78, 5) is 12.7. The lowest BCUT2D eigenvalue weighted by Gasteiger charge is -2.15. The van der Waals surface area contributed by atoms with E-state index in [0.717, 1.165) is 5.56 Å². The number of nitrogens with one attached hydrogen (secondary N) is 1. The van der Waals surface area contributed by atoms with E-state index in [4.69, 9.17) is 9.15 Å². The van der Waals surface area contributed by atoms with Crippen LogP contribution in [0.1, 0.15) is 6.92 Å². The quantitative estimate of drug-likeness (QED) is 0.600. The van der Waals surface area contributed by atoms with E-state index in [1.54, 1.807) is 43.3 Å². The maximum Gasteiger partial charge on any atom is 0.288 e. The number of hydrogen-bond acceptors (Lipinski definition) is 6. The standard InChI is InChI=1S/C18H15F2N3O3S/c1-11(16(24)22-13-4-8-15(9-5-13)27-18(19)20)26-14-6-2-12(3-7-14)17-23-21-10-25-17/h2-11,18H,1H3,(H,22,24)/t11-/m1/s1. The monoisotopic (exact) mass is 391 g/mol. The lowest BCUT2D eigenvalue weighted by molar-refractivity contribution is -0.122. The van der Waals surface area contributed by atoms with E-state index in [-0.39, 0.29) is 5.91 Å². The second-order valence-corrected chi connectivity index (χ2v) is 6.48. The van der Waals surface area contributed by atoms with Gasteiger partial charge in [0.05, 0.1) is 0 Å². The molecule has 0 radical (unpaired) electrons. The molecule has 0 saturated heterocycles. The average molecular weight is 391 g/mol. The molecular weight excluding hydrogens is 376 g/mol. The molecule has 2 aromatic carbocycles. The van der Waals surface area contributed by atoms with Gasteiger partial charge >= 0.3 is 0 Å². The Morgan fingerprint density at radius 3 is 2.44 bits per heavy atom. The number of halogens is 2. The molecule has 0 aliphatic heterocycles. The summed E-state index contributed by atoms with van der Waals surface area (Å²) < 4.78 is 35.3. The second kappa shape index (κ2) is 8.63. The van der Waals surface area contributed by atoms with Gasteiger partial charge in [-0.3, -0.25) is 4.79 Å². The molecule has 0 fully saturated rings. The van der Waals surface area contributed by atoms with Crippen molar-refractivity contribution in [3.63, 3.8) is 0 Å². The Kier molecular flexibility index (Phi) is 6.02. The molecule has 0 aliphatic carbocycles. The lowest BCUT2D eigenvalue weighted by atomic mass is 10.2. The Morgan fingerprint density at radius 1 is 1.15 bits per heavy atom. The average Bonchev–Trinajstić information content (AvgIpc) is 3.18. The number of amides is 1. The predicted molar refractivity (Wildman–Crippen MR) is 96.8 cm³/mol. The van der Waals surface area contributed by atoms with E-state index in [1.807, 2.05) is 0 Å². The molecule has 0 aliphatic rings. The number of aromatic nitrogens is 2. The van der Waals surface area contributed by atoms with Crippen LogP contribution in [-0.2, 0) is 4.79 Å². The highest BCUT2D eigenvalue weighted by Crippen LogP contribution is 2.26.